The molecule has 7 heteroatoms. The molecule has 1 fully saturated rings. The fraction of sp³-hybridized carbons (Fsp3) is 0.0952. The van der Waals surface area contributed by atoms with Gasteiger partial charge in [0.2, 0.25) is 11.8 Å². The number of primary amides is 2. The lowest BCUT2D eigenvalue weighted by Crippen LogP contribution is -2.10. The van der Waals surface area contributed by atoms with E-state index in [0.717, 1.165) is 0 Å². The van der Waals surface area contributed by atoms with Crippen molar-refractivity contribution in [1.29, 1.82) is 0 Å². The van der Waals surface area contributed by atoms with Crippen molar-refractivity contribution in [3.63, 3.8) is 0 Å². The molecular formula is C21H18N2O5. The van der Waals surface area contributed by atoms with Crippen LogP contribution >= 0.6 is 0 Å². The van der Waals surface area contributed by atoms with Crippen LogP contribution in [0.25, 0.3) is 12.2 Å². The number of carbonyl (C=O) groups excluding carboxylic acids is 3. The molecule has 1 aliphatic rings. The number of allylic oxidation sites excluding steroid dienone is 2. The normalized spacial score (nSPS) is 16.6. The van der Waals surface area contributed by atoms with E-state index in [4.69, 9.17) is 11.5 Å². The molecule has 0 bridgehead atoms. The van der Waals surface area contributed by atoms with Gasteiger partial charge in [-0.2, -0.15) is 0 Å². The van der Waals surface area contributed by atoms with Crippen molar-refractivity contribution in [3.05, 3.63) is 69.8 Å². The highest BCUT2D eigenvalue weighted by Gasteiger charge is 2.24. The van der Waals surface area contributed by atoms with Crippen LogP contribution in [-0.4, -0.2) is 27.8 Å². The largest absolute Gasteiger partial charge is 0.507 e. The average Bonchev–Trinajstić information content (AvgIpc) is 2.98. The van der Waals surface area contributed by atoms with Crippen LogP contribution in [0.3, 0.4) is 0 Å². The average molecular weight is 378 g/mol. The van der Waals surface area contributed by atoms with Crippen molar-refractivity contribution in [3.8, 4) is 11.5 Å². The molecule has 1 aliphatic carbocycles. The number of rotatable bonds is 4. The summed E-state index contributed by atoms with van der Waals surface area (Å²) in [4.78, 5) is 34.9. The molecular weight excluding hydrogens is 360 g/mol. The summed E-state index contributed by atoms with van der Waals surface area (Å²) in [6.45, 7) is 0. The molecule has 0 radical (unpaired) electrons. The zero-order valence-corrected chi connectivity index (χ0v) is 14.8. The number of carbonyl (C=O) groups is 3. The molecule has 7 nitrogen and oxygen atoms in total. The second kappa shape index (κ2) is 7.40. The molecule has 0 aromatic heterocycles. The van der Waals surface area contributed by atoms with Gasteiger partial charge in [0.15, 0.2) is 5.78 Å². The Balaban J connectivity index is 1.87. The maximum Gasteiger partial charge on any atom is 0.248 e. The van der Waals surface area contributed by atoms with E-state index in [0.29, 0.717) is 35.1 Å². The zero-order valence-electron chi connectivity index (χ0n) is 14.8. The number of hydrogen-bond donors (Lipinski definition) is 4. The number of hydrogen-bond acceptors (Lipinski definition) is 5. The molecule has 0 spiro atoms. The fourth-order valence-electron chi connectivity index (χ4n) is 2.99. The van der Waals surface area contributed by atoms with E-state index < -0.39 is 11.8 Å². The summed E-state index contributed by atoms with van der Waals surface area (Å²) in [5.74, 6) is -1.79. The highest BCUT2D eigenvalue weighted by atomic mass is 16.3. The highest BCUT2D eigenvalue weighted by Crippen LogP contribution is 2.33. The van der Waals surface area contributed by atoms with Gasteiger partial charge in [0, 0.05) is 33.4 Å². The second-order valence-corrected chi connectivity index (χ2v) is 6.44. The summed E-state index contributed by atoms with van der Waals surface area (Å²) in [5, 5.41) is 20.1. The first-order valence-corrected chi connectivity index (χ1v) is 8.47. The van der Waals surface area contributed by atoms with Gasteiger partial charge in [0.1, 0.15) is 11.5 Å². The Morgan fingerprint density at radius 3 is 1.50 bits per heavy atom. The number of phenols is 2. The van der Waals surface area contributed by atoms with Gasteiger partial charge in [0.25, 0.3) is 0 Å². The van der Waals surface area contributed by atoms with Gasteiger partial charge in [-0.25, -0.2) is 0 Å². The van der Waals surface area contributed by atoms with Crippen molar-refractivity contribution in [1.82, 2.24) is 0 Å². The molecule has 142 valence electrons. The van der Waals surface area contributed by atoms with E-state index in [2.05, 4.69) is 0 Å². The Kier molecular flexibility index (Phi) is 5.00. The van der Waals surface area contributed by atoms with E-state index in [9.17, 15) is 24.6 Å². The third kappa shape index (κ3) is 3.78. The minimum atomic E-state index is -0.654. The lowest BCUT2D eigenvalue weighted by atomic mass is 10.0. The SMILES string of the molecule is NC(=O)c1ccc(C=C2CCC(=Cc3ccc(C(N)=O)cc3O)C2=O)c(O)c1. The number of Topliss-reactive ketones (excluding diaryl/α,β-unsaturated/α-hetero) is 1. The molecule has 3 rings (SSSR count). The van der Waals surface area contributed by atoms with Gasteiger partial charge in [-0.05, 0) is 49.3 Å². The molecule has 2 aromatic carbocycles. The summed E-state index contributed by atoms with van der Waals surface area (Å²) < 4.78 is 0. The Labute approximate surface area is 160 Å². The van der Waals surface area contributed by atoms with E-state index in [1.807, 2.05) is 0 Å². The number of phenolic OH excluding ortho intramolecular Hbond substituents is 2. The minimum absolute atomic E-state index is 0.145. The third-order valence-corrected chi connectivity index (χ3v) is 4.54. The van der Waals surface area contributed by atoms with Crippen LogP contribution in [0.2, 0.25) is 0 Å². The van der Waals surface area contributed by atoms with Crippen LogP contribution < -0.4 is 11.5 Å². The van der Waals surface area contributed by atoms with Gasteiger partial charge in [-0.15, -0.1) is 0 Å². The van der Waals surface area contributed by atoms with E-state index in [1.54, 1.807) is 12.2 Å². The molecule has 6 N–H and O–H groups in total. The van der Waals surface area contributed by atoms with Crippen molar-refractivity contribution < 1.29 is 24.6 Å². The standard InChI is InChI=1S/C21H18N2O5/c22-20(27)15-5-1-11(17(24)9-15)7-13-3-4-14(19(13)26)8-12-2-6-16(21(23)28)10-18(12)25/h1-2,5-10,24-25H,3-4H2,(H2,22,27)(H2,23,28). The Hall–Kier alpha value is -3.87. The molecule has 0 aliphatic heterocycles. The smallest absolute Gasteiger partial charge is 0.248 e. The first-order chi connectivity index (χ1) is 13.3. The monoisotopic (exact) mass is 378 g/mol. The summed E-state index contributed by atoms with van der Waals surface area (Å²) in [5.41, 5.74) is 12.5. The quantitative estimate of drug-likeness (QED) is 0.603. The van der Waals surface area contributed by atoms with E-state index >= 15 is 0 Å². The molecule has 0 unspecified atom stereocenters. The van der Waals surface area contributed by atoms with Crippen LogP contribution in [-0.2, 0) is 4.79 Å². The van der Waals surface area contributed by atoms with Crippen LogP contribution in [0.4, 0.5) is 0 Å². The Morgan fingerprint density at radius 1 is 0.786 bits per heavy atom. The van der Waals surface area contributed by atoms with Gasteiger partial charge in [0.05, 0.1) is 0 Å². The van der Waals surface area contributed by atoms with Crippen molar-refractivity contribution in [2.75, 3.05) is 0 Å². The van der Waals surface area contributed by atoms with Gasteiger partial charge < -0.3 is 21.7 Å². The van der Waals surface area contributed by atoms with E-state index in [-0.39, 0.29) is 28.4 Å². The highest BCUT2D eigenvalue weighted by molar-refractivity contribution is 6.15. The van der Waals surface area contributed by atoms with Crippen LogP contribution in [0.1, 0.15) is 44.7 Å². The first-order valence-electron chi connectivity index (χ1n) is 8.47. The van der Waals surface area contributed by atoms with Gasteiger partial charge >= 0.3 is 0 Å². The van der Waals surface area contributed by atoms with Crippen LogP contribution in [0.15, 0.2) is 47.5 Å². The Morgan fingerprint density at radius 2 is 1.18 bits per heavy atom. The third-order valence-electron chi connectivity index (χ3n) is 4.54. The number of benzene rings is 2. The summed E-state index contributed by atoms with van der Waals surface area (Å²) >= 11 is 0. The predicted octanol–water partition coefficient (Wildman–Crippen LogP) is 2.13. The molecule has 0 saturated heterocycles. The van der Waals surface area contributed by atoms with Crippen molar-refractivity contribution in [2.24, 2.45) is 11.5 Å². The summed E-state index contributed by atoms with van der Waals surface area (Å²) in [6.07, 6.45) is 4.09. The van der Waals surface area contributed by atoms with E-state index in [1.165, 1.54) is 36.4 Å². The number of nitrogens with two attached hydrogens (primary N) is 2. The first kappa shape index (κ1) is 18.9. The van der Waals surface area contributed by atoms with Crippen molar-refractivity contribution in [2.45, 2.75) is 12.8 Å². The topological polar surface area (TPSA) is 144 Å². The number of aromatic hydroxyl groups is 2. The zero-order chi connectivity index (χ0) is 20.4. The van der Waals surface area contributed by atoms with Gasteiger partial charge in [-0.1, -0.05) is 12.1 Å². The van der Waals surface area contributed by atoms with Crippen LogP contribution in [0, 0.1) is 0 Å². The number of amides is 2. The van der Waals surface area contributed by atoms with Crippen LogP contribution in [0.5, 0.6) is 11.5 Å². The summed E-state index contributed by atoms with van der Waals surface area (Å²) in [7, 11) is 0. The second-order valence-electron chi connectivity index (χ2n) is 6.44. The molecule has 28 heavy (non-hydrogen) atoms. The molecule has 2 amide bonds. The maximum atomic E-state index is 12.6. The Bertz CT molecular complexity index is 983. The lowest BCUT2D eigenvalue weighted by Gasteiger charge is -2.04. The summed E-state index contributed by atoms with van der Waals surface area (Å²) in [6, 6.07) is 8.50. The molecule has 2 aromatic rings. The molecule has 0 atom stereocenters. The predicted molar refractivity (Wildman–Crippen MR) is 103 cm³/mol. The fourth-order valence-corrected chi connectivity index (χ4v) is 2.99. The molecule has 1 saturated carbocycles. The minimum Gasteiger partial charge on any atom is -0.507 e. The van der Waals surface area contributed by atoms with Crippen molar-refractivity contribution >= 4 is 29.7 Å². The van der Waals surface area contributed by atoms with Gasteiger partial charge in [-0.3, -0.25) is 14.4 Å². The number of ketones is 1. The lowest BCUT2D eigenvalue weighted by molar-refractivity contribution is -0.111. The molecule has 0 heterocycles. The maximum absolute atomic E-state index is 12.6.